The van der Waals surface area contributed by atoms with Gasteiger partial charge in [-0.25, -0.2) is 8.42 Å². The second-order valence-corrected chi connectivity index (χ2v) is 9.76. The van der Waals surface area contributed by atoms with Gasteiger partial charge in [-0.15, -0.1) is 0 Å². The Labute approximate surface area is 188 Å². The van der Waals surface area contributed by atoms with Crippen molar-refractivity contribution in [1.82, 2.24) is 15.0 Å². The molecule has 8 nitrogen and oxygen atoms in total. The van der Waals surface area contributed by atoms with Gasteiger partial charge in [0.05, 0.1) is 18.5 Å². The van der Waals surface area contributed by atoms with Crippen LogP contribution < -0.4 is 4.31 Å². The minimum absolute atomic E-state index is 0.126. The van der Waals surface area contributed by atoms with Crippen molar-refractivity contribution in [3.05, 3.63) is 65.5 Å². The summed E-state index contributed by atoms with van der Waals surface area (Å²) in [7, 11) is -1.80. The zero-order chi connectivity index (χ0) is 23.3. The molecule has 3 rings (SSSR count). The normalized spacial score (nSPS) is 11.4. The predicted molar refractivity (Wildman–Crippen MR) is 124 cm³/mol. The highest BCUT2D eigenvalue weighted by Gasteiger charge is 2.20. The molecule has 0 N–H and O–H groups in total. The number of aryl methyl sites for hydroxylation is 2. The Morgan fingerprint density at radius 1 is 1.09 bits per heavy atom. The Balaban J connectivity index is 1.57. The fourth-order valence-electron chi connectivity index (χ4n) is 3.38. The maximum atomic E-state index is 12.6. The molecule has 0 aliphatic rings. The summed E-state index contributed by atoms with van der Waals surface area (Å²) in [4.78, 5) is 18.5. The van der Waals surface area contributed by atoms with Crippen LogP contribution in [0.3, 0.4) is 0 Å². The molecule has 3 aromatic rings. The maximum absolute atomic E-state index is 12.6. The fourth-order valence-corrected chi connectivity index (χ4v) is 4.41. The van der Waals surface area contributed by atoms with Crippen LogP contribution in [0.1, 0.15) is 29.9 Å². The maximum Gasteiger partial charge on any atom is 0.246 e. The summed E-state index contributed by atoms with van der Waals surface area (Å²) in [6.07, 6.45) is 1.77. The lowest BCUT2D eigenvalue weighted by molar-refractivity contribution is -0.130. The number of hydrogen-bond donors (Lipinski definition) is 0. The molecule has 0 fully saturated rings. The van der Waals surface area contributed by atoms with Crippen LogP contribution in [0.2, 0.25) is 0 Å². The lowest BCUT2D eigenvalue weighted by atomic mass is 10.1. The van der Waals surface area contributed by atoms with E-state index >= 15 is 0 Å². The minimum Gasteiger partial charge on any atom is -0.337 e. The molecule has 0 radical (unpaired) electrons. The van der Waals surface area contributed by atoms with E-state index in [0.29, 0.717) is 23.8 Å². The molecular formula is C23H28N4O4S. The van der Waals surface area contributed by atoms with Crippen LogP contribution in [0.5, 0.6) is 0 Å². The molecule has 0 spiro atoms. The molecule has 0 aliphatic carbocycles. The van der Waals surface area contributed by atoms with E-state index in [1.54, 1.807) is 19.2 Å². The molecule has 0 unspecified atom stereocenters. The summed E-state index contributed by atoms with van der Waals surface area (Å²) < 4.78 is 31.2. The van der Waals surface area contributed by atoms with Gasteiger partial charge in [0.1, 0.15) is 0 Å². The standard InChI is InChI=1S/C23H28N4O4S/c1-17-9-7-11-19(15-17)23-24-21(31-25-23)16-26(3)22(28)13-8-14-27(32(4,29)30)20-12-6-5-10-18(20)2/h5-7,9-12,15H,8,13-14,16H2,1-4H3. The molecule has 0 atom stereocenters. The highest BCUT2D eigenvalue weighted by Crippen LogP contribution is 2.23. The van der Waals surface area contributed by atoms with Crippen molar-refractivity contribution in [2.45, 2.75) is 33.2 Å². The number of amides is 1. The van der Waals surface area contributed by atoms with E-state index in [9.17, 15) is 13.2 Å². The zero-order valence-corrected chi connectivity index (χ0v) is 19.6. The number of carbonyl (C=O) groups excluding carboxylic acids is 1. The molecule has 1 heterocycles. The van der Waals surface area contributed by atoms with E-state index in [2.05, 4.69) is 10.1 Å². The second-order valence-electron chi connectivity index (χ2n) is 7.86. The third-order valence-corrected chi connectivity index (χ3v) is 6.26. The minimum atomic E-state index is -3.46. The fraction of sp³-hybridized carbons (Fsp3) is 0.348. The van der Waals surface area contributed by atoms with Crippen LogP contribution in [0.25, 0.3) is 11.4 Å². The number of hydrogen-bond acceptors (Lipinski definition) is 6. The topological polar surface area (TPSA) is 96.6 Å². The van der Waals surface area contributed by atoms with Gasteiger partial charge < -0.3 is 9.42 Å². The number of sulfonamides is 1. The van der Waals surface area contributed by atoms with Gasteiger partial charge in [0.15, 0.2) is 0 Å². The number of anilines is 1. The van der Waals surface area contributed by atoms with Gasteiger partial charge in [0, 0.05) is 25.6 Å². The molecule has 1 aromatic heterocycles. The smallest absolute Gasteiger partial charge is 0.246 e. The first-order valence-electron chi connectivity index (χ1n) is 10.3. The van der Waals surface area contributed by atoms with Crippen molar-refractivity contribution in [3.63, 3.8) is 0 Å². The monoisotopic (exact) mass is 456 g/mol. The summed E-state index contributed by atoms with van der Waals surface area (Å²) in [6.45, 7) is 4.26. The first-order valence-corrected chi connectivity index (χ1v) is 12.2. The van der Waals surface area contributed by atoms with Crippen LogP contribution in [0.4, 0.5) is 5.69 Å². The van der Waals surface area contributed by atoms with Crippen molar-refractivity contribution in [3.8, 4) is 11.4 Å². The molecule has 170 valence electrons. The number of aromatic nitrogens is 2. The Kier molecular flexibility index (Phi) is 7.29. The number of benzene rings is 2. The highest BCUT2D eigenvalue weighted by molar-refractivity contribution is 7.92. The molecular weight excluding hydrogens is 428 g/mol. The first-order chi connectivity index (χ1) is 15.1. The molecule has 9 heteroatoms. The number of rotatable bonds is 9. The first kappa shape index (κ1) is 23.5. The molecule has 1 amide bonds. The molecule has 0 saturated carbocycles. The lowest BCUT2D eigenvalue weighted by Gasteiger charge is -2.24. The van der Waals surface area contributed by atoms with E-state index in [0.717, 1.165) is 16.7 Å². The van der Waals surface area contributed by atoms with E-state index in [-0.39, 0.29) is 25.4 Å². The third-order valence-electron chi connectivity index (χ3n) is 5.08. The van der Waals surface area contributed by atoms with Crippen molar-refractivity contribution in [1.29, 1.82) is 0 Å². The highest BCUT2D eigenvalue weighted by atomic mass is 32.2. The Morgan fingerprint density at radius 3 is 2.53 bits per heavy atom. The zero-order valence-electron chi connectivity index (χ0n) is 18.8. The lowest BCUT2D eigenvalue weighted by Crippen LogP contribution is -2.33. The van der Waals surface area contributed by atoms with Crippen LogP contribution >= 0.6 is 0 Å². The van der Waals surface area contributed by atoms with Crippen molar-refractivity contribution < 1.29 is 17.7 Å². The molecule has 32 heavy (non-hydrogen) atoms. The van der Waals surface area contributed by atoms with Crippen molar-refractivity contribution >= 4 is 21.6 Å². The Morgan fingerprint density at radius 2 is 1.84 bits per heavy atom. The number of para-hydroxylation sites is 1. The van der Waals surface area contributed by atoms with Gasteiger partial charge in [0.25, 0.3) is 0 Å². The second kappa shape index (κ2) is 9.95. The largest absolute Gasteiger partial charge is 0.337 e. The summed E-state index contributed by atoms with van der Waals surface area (Å²) >= 11 is 0. The Bertz CT molecular complexity index is 1190. The van der Waals surface area contributed by atoms with Gasteiger partial charge in [0.2, 0.25) is 27.6 Å². The average molecular weight is 457 g/mol. The van der Waals surface area contributed by atoms with Crippen LogP contribution in [-0.4, -0.2) is 49.2 Å². The van der Waals surface area contributed by atoms with Crippen LogP contribution in [0, 0.1) is 13.8 Å². The van der Waals surface area contributed by atoms with Gasteiger partial charge in [-0.1, -0.05) is 47.1 Å². The van der Waals surface area contributed by atoms with E-state index in [4.69, 9.17) is 4.52 Å². The molecule has 0 bridgehead atoms. The van der Waals surface area contributed by atoms with E-state index < -0.39 is 10.0 Å². The quantitative estimate of drug-likeness (QED) is 0.488. The molecule has 2 aromatic carbocycles. The summed E-state index contributed by atoms with van der Waals surface area (Å²) in [6, 6.07) is 15.1. The molecule has 0 aliphatic heterocycles. The van der Waals surface area contributed by atoms with Gasteiger partial charge in [-0.3, -0.25) is 9.10 Å². The summed E-state index contributed by atoms with van der Waals surface area (Å²) in [5.41, 5.74) is 3.44. The number of nitrogens with zero attached hydrogens (tertiary/aromatic N) is 4. The number of carbonyl (C=O) groups is 1. The third kappa shape index (κ3) is 5.94. The van der Waals surface area contributed by atoms with Crippen LogP contribution in [-0.2, 0) is 21.4 Å². The SMILES string of the molecule is Cc1cccc(-c2noc(CN(C)C(=O)CCCN(c3ccccc3C)S(C)(=O)=O)n2)c1. The summed E-state index contributed by atoms with van der Waals surface area (Å²) in [5, 5.41) is 4.00. The van der Waals surface area contributed by atoms with Gasteiger partial charge >= 0.3 is 0 Å². The van der Waals surface area contributed by atoms with Gasteiger partial charge in [-0.05, 0) is 38.0 Å². The predicted octanol–water partition coefficient (Wildman–Crippen LogP) is 3.56. The van der Waals surface area contributed by atoms with E-state index in [1.807, 2.05) is 50.2 Å². The van der Waals surface area contributed by atoms with Crippen molar-refractivity contribution in [2.75, 3.05) is 24.2 Å². The van der Waals surface area contributed by atoms with Crippen LogP contribution in [0.15, 0.2) is 53.1 Å². The van der Waals surface area contributed by atoms with Gasteiger partial charge in [-0.2, -0.15) is 4.98 Å². The van der Waals surface area contributed by atoms with Crippen molar-refractivity contribution in [2.24, 2.45) is 0 Å². The summed E-state index contributed by atoms with van der Waals surface area (Å²) in [5.74, 6) is 0.695. The average Bonchev–Trinajstić information content (AvgIpc) is 3.19. The molecule has 0 saturated heterocycles. The van der Waals surface area contributed by atoms with E-state index in [1.165, 1.54) is 15.5 Å². The Hall–Kier alpha value is -3.20.